The van der Waals surface area contributed by atoms with Crippen LogP contribution in [0, 0.1) is 23.2 Å². The molecule has 0 aromatic heterocycles. The van der Waals surface area contributed by atoms with Crippen LogP contribution in [-0.4, -0.2) is 36.1 Å². The number of nitrogens with zero attached hydrogens (tertiary/aromatic N) is 2. The minimum absolute atomic E-state index is 0.197. The molecule has 4 heteroatoms. The Balaban J connectivity index is 1.60. The molecule has 122 valence electrons. The number of hydrogen-bond acceptors (Lipinski definition) is 3. The van der Waals surface area contributed by atoms with Gasteiger partial charge in [0.1, 0.15) is 5.84 Å². The summed E-state index contributed by atoms with van der Waals surface area (Å²) in [5.74, 6) is 3.38. The standard InChI is InChI=1S/C17H33N3O/c1-17(2,16(18)19-21)8-4-5-9-20(3)12-15-11-13-6-7-14(15)10-13/h13-15,21H,4-12H2,1-3H3,(H2,18,19). The number of rotatable bonds is 8. The van der Waals surface area contributed by atoms with E-state index in [-0.39, 0.29) is 5.41 Å². The Morgan fingerprint density at radius 2 is 2.05 bits per heavy atom. The van der Waals surface area contributed by atoms with Gasteiger partial charge in [0.2, 0.25) is 0 Å². The first-order valence-electron chi connectivity index (χ1n) is 8.59. The fourth-order valence-electron chi connectivity index (χ4n) is 4.30. The van der Waals surface area contributed by atoms with Crippen molar-refractivity contribution in [3.63, 3.8) is 0 Å². The van der Waals surface area contributed by atoms with Gasteiger partial charge >= 0.3 is 0 Å². The lowest BCUT2D eigenvalue weighted by Crippen LogP contribution is -2.32. The van der Waals surface area contributed by atoms with Crippen molar-refractivity contribution in [3.8, 4) is 0 Å². The third-order valence-electron chi connectivity index (χ3n) is 5.82. The lowest BCUT2D eigenvalue weighted by Gasteiger charge is -2.27. The molecule has 0 radical (unpaired) electrons. The SMILES string of the molecule is CN(CCCCC(C)(C)C(N)=NO)CC1CC2CCC1C2. The summed E-state index contributed by atoms with van der Waals surface area (Å²) in [5, 5.41) is 11.9. The highest BCUT2D eigenvalue weighted by molar-refractivity contribution is 5.85. The Kier molecular flexibility index (Phi) is 5.53. The van der Waals surface area contributed by atoms with Gasteiger partial charge in [-0.15, -0.1) is 0 Å². The quantitative estimate of drug-likeness (QED) is 0.237. The molecule has 3 unspecified atom stereocenters. The Bertz CT molecular complexity index is 367. The van der Waals surface area contributed by atoms with Crippen molar-refractivity contribution in [1.29, 1.82) is 0 Å². The molecule has 2 rings (SSSR count). The first-order chi connectivity index (χ1) is 9.92. The second-order valence-corrected chi connectivity index (χ2v) is 8.02. The van der Waals surface area contributed by atoms with Gasteiger partial charge in [0.15, 0.2) is 0 Å². The van der Waals surface area contributed by atoms with Crippen LogP contribution in [0.4, 0.5) is 0 Å². The molecule has 0 amide bonds. The molecule has 2 aliphatic rings. The molecule has 0 aromatic rings. The Morgan fingerprint density at radius 3 is 2.62 bits per heavy atom. The minimum atomic E-state index is -0.197. The number of nitrogens with two attached hydrogens (primary N) is 1. The molecular formula is C17H33N3O. The van der Waals surface area contributed by atoms with Crippen molar-refractivity contribution in [2.45, 2.75) is 58.8 Å². The van der Waals surface area contributed by atoms with Crippen molar-refractivity contribution in [2.24, 2.45) is 34.1 Å². The van der Waals surface area contributed by atoms with Gasteiger partial charge in [-0.3, -0.25) is 0 Å². The molecule has 21 heavy (non-hydrogen) atoms. The van der Waals surface area contributed by atoms with Crippen LogP contribution in [0.15, 0.2) is 5.16 Å². The summed E-state index contributed by atoms with van der Waals surface area (Å²) in [4.78, 5) is 2.52. The van der Waals surface area contributed by atoms with Crippen molar-refractivity contribution in [1.82, 2.24) is 4.90 Å². The first-order valence-corrected chi connectivity index (χ1v) is 8.59. The molecular weight excluding hydrogens is 262 g/mol. The minimum Gasteiger partial charge on any atom is -0.409 e. The smallest absolute Gasteiger partial charge is 0.144 e. The van der Waals surface area contributed by atoms with Gasteiger partial charge in [0.05, 0.1) is 0 Å². The highest BCUT2D eigenvalue weighted by atomic mass is 16.4. The van der Waals surface area contributed by atoms with Crippen LogP contribution in [0.2, 0.25) is 0 Å². The van der Waals surface area contributed by atoms with E-state index in [1.165, 1.54) is 45.2 Å². The molecule has 2 saturated carbocycles. The van der Waals surface area contributed by atoms with Crippen molar-refractivity contribution in [3.05, 3.63) is 0 Å². The van der Waals surface area contributed by atoms with Crippen molar-refractivity contribution in [2.75, 3.05) is 20.1 Å². The lowest BCUT2D eigenvalue weighted by atomic mass is 9.86. The van der Waals surface area contributed by atoms with Crippen LogP contribution in [-0.2, 0) is 0 Å². The monoisotopic (exact) mass is 295 g/mol. The number of amidine groups is 1. The third kappa shape index (κ3) is 4.35. The molecule has 0 aliphatic heterocycles. The first kappa shape index (κ1) is 16.6. The highest BCUT2D eigenvalue weighted by Crippen LogP contribution is 2.48. The molecule has 3 atom stereocenters. The Labute approximate surface area is 129 Å². The van der Waals surface area contributed by atoms with Crippen LogP contribution in [0.25, 0.3) is 0 Å². The Hall–Kier alpha value is -0.770. The normalized spacial score (nSPS) is 29.5. The van der Waals surface area contributed by atoms with Crippen LogP contribution >= 0.6 is 0 Å². The highest BCUT2D eigenvalue weighted by Gasteiger charge is 2.39. The van der Waals surface area contributed by atoms with Gasteiger partial charge in [0, 0.05) is 12.0 Å². The van der Waals surface area contributed by atoms with Gasteiger partial charge in [-0.2, -0.15) is 0 Å². The summed E-state index contributed by atoms with van der Waals surface area (Å²) in [7, 11) is 2.26. The van der Waals surface area contributed by atoms with E-state index in [9.17, 15) is 0 Å². The predicted molar refractivity (Wildman–Crippen MR) is 87.5 cm³/mol. The number of hydrogen-bond donors (Lipinski definition) is 2. The molecule has 0 aromatic carbocycles. The predicted octanol–water partition coefficient (Wildman–Crippen LogP) is 3.30. The molecule has 2 bridgehead atoms. The van der Waals surface area contributed by atoms with E-state index in [0.717, 1.165) is 30.6 Å². The van der Waals surface area contributed by atoms with E-state index in [4.69, 9.17) is 10.9 Å². The molecule has 4 nitrogen and oxygen atoms in total. The lowest BCUT2D eigenvalue weighted by molar-refractivity contribution is 0.215. The van der Waals surface area contributed by atoms with E-state index in [1.807, 2.05) is 13.8 Å². The van der Waals surface area contributed by atoms with Crippen LogP contribution in [0.3, 0.4) is 0 Å². The molecule has 2 aliphatic carbocycles. The van der Waals surface area contributed by atoms with Crippen molar-refractivity contribution >= 4 is 5.84 Å². The average Bonchev–Trinajstić information content (AvgIpc) is 3.05. The maximum Gasteiger partial charge on any atom is 0.144 e. The fourth-order valence-corrected chi connectivity index (χ4v) is 4.30. The molecule has 0 spiro atoms. The zero-order chi connectivity index (χ0) is 15.5. The van der Waals surface area contributed by atoms with Gasteiger partial charge in [-0.05, 0) is 63.5 Å². The van der Waals surface area contributed by atoms with Crippen LogP contribution in [0.5, 0.6) is 0 Å². The number of fused-ring (bicyclic) bond motifs is 2. The molecule has 0 heterocycles. The van der Waals surface area contributed by atoms with E-state index < -0.39 is 0 Å². The summed E-state index contributed by atoms with van der Waals surface area (Å²) >= 11 is 0. The fraction of sp³-hybridized carbons (Fsp3) is 0.941. The summed E-state index contributed by atoms with van der Waals surface area (Å²) in [6.07, 6.45) is 9.26. The maximum absolute atomic E-state index is 8.78. The zero-order valence-electron chi connectivity index (χ0n) is 14.0. The van der Waals surface area contributed by atoms with E-state index in [2.05, 4.69) is 17.1 Å². The van der Waals surface area contributed by atoms with Crippen molar-refractivity contribution < 1.29 is 5.21 Å². The van der Waals surface area contributed by atoms with Gasteiger partial charge < -0.3 is 15.8 Å². The second kappa shape index (κ2) is 6.99. The van der Waals surface area contributed by atoms with Gasteiger partial charge in [-0.25, -0.2) is 0 Å². The average molecular weight is 295 g/mol. The summed E-state index contributed by atoms with van der Waals surface area (Å²) in [5.41, 5.74) is 5.53. The van der Waals surface area contributed by atoms with Gasteiger partial charge in [-0.1, -0.05) is 31.8 Å². The maximum atomic E-state index is 8.78. The largest absolute Gasteiger partial charge is 0.409 e. The molecule has 3 N–H and O–H groups in total. The molecule has 2 fully saturated rings. The Morgan fingerprint density at radius 1 is 1.29 bits per heavy atom. The topological polar surface area (TPSA) is 61.8 Å². The van der Waals surface area contributed by atoms with Crippen LogP contribution in [0.1, 0.15) is 58.8 Å². The number of unbranched alkanes of at least 4 members (excludes halogenated alkanes) is 1. The summed E-state index contributed by atoms with van der Waals surface area (Å²) in [6.45, 7) is 6.53. The summed E-state index contributed by atoms with van der Waals surface area (Å²) < 4.78 is 0. The molecule has 0 saturated heterocycles. The zero-order valence-corrected chi connectivity index (χ0v) is 14.0. The van der Waals surface area contributed by atoms with E-state index >= 15 is 0 Å². The number of oxime groups is 1. The third-order valence-corrected chi connectivity index (χ3v) is 5.82. The summed E-state index contributed by atoms with van der Waals surface area (Å²) in [6, 6.07) is 0. The van der Waals surface area contributed by atoms with E-state index in [0.29, 0.717) is 5.84 Å². The van der Waals surface area contributed by atoms with E-state index in [1.54, 1.807) is 0 Å². The second-order valence-electron chi connectivity index (χ2n) is 8.02. The van der Waals surface area contributed by atoms with Crippen LogP contribution < -0.4 is 5.73 Å². The van der Waals surface area contributed by atoms with Gasteiger partial charge in [0.25, 0.3) is 0 Å².